The van der Waals surface area contributed by atoms with Crippen molar-refractivity contribution in [3.63, 3.8) is 0 Å². The highest BCUT2D eigenvalue weighted by Crippen LogP contribution is 2.35. The maximum absolute atomic E-state index is 12.7. The first-order chi connectivity index (χ1) is 15.6. The Balaban J connectivity index is 1.79. The number of imide groups is 1. The molecule has 0 saturated carbocycles. The van der Waals surface area contributed by atoms with Crippen LogP contribution >= 0.6 is 27.7 Å². The van der Waals surface area contributed by atoms with Crippen LogP contribution in [0.3, 0.4) is 0 Å². The molecular weight excluding hydrogens is 516 g/mol. The lowest BCUT2D eigenvalue weighted by atomic mass is 10.1. The Morgan fingerprint density at radius 2 is 2.00 bits per heavy atom. The third-order valence-electron chi connectivity index (χ3n) is 4.30. The van der Waals surface area contributed by atoms with E-state index in [1.807, 2.05) is 0 Å². The van der Waals surface area contributed by atoms with E-state index in [1.165, 1.54) is 18.2 Å². The molecule has 1 aliphatic rings. The summed E-state index contributed by atoms with van der Waals surface area (Å²) in [6.07, 6.45) is 1.15. The van der Waals surface area contributed by atoms with Crippen molar-refractivity contribution in [3.8, 4) is 5.75 Å². The summed E-state index contributed by atoms with van der Waals surface area (Å²) < 4.78 is 11.6. The number of thioether (sulfide) groups is 1. The Morgan fingerprint density at radius 1 is 1.24 bits per heavy atom. The molecule has 0 unspecified atom stereocenters. The normalized spacial score (nSPS) is 14.8. The number of halogens is 1. The van der Waals surface area contributed by atoms with Crippen LogP contribution in [0.15, 0.2) is 51.8 Å². The zero-order chi connectivity index (χ0) is 24.1. The molecule has 2 aromatic carbocycles. The zero-order valence-corrected chi connectivity index (χ0v) is 20.1. The van der Waals surface area contributed by atoms with Crippen molar-refractivity contribution < 1.29 is 28.8 Å². The van der Waals surface area contributed by atoms with E-state index in [2.05, 4.69) is 15.9 Å². The molecule has 1 aliphatic heterocycles. The summed E-state index contributed by atoms with van der Waals surface area (Å²) >= 11 is 4.09. The molecular formula is C22H19BrN2O7S. The van der Waals surface area contributed by atoms with Crippen molar-refractivity contribution in [3.05, 3.63) is 73.1 Å². The van der Waals surface area contributed by atoms with E-state index in [-0.39, 0.29) is 23.3 Å². The van der Waals surface area contributed by atoms with Gasteiger partial charge in [0.25, 0.3) is 16.8 Å². The number of hydrogen-bond donors (Lipinski definition) is 0. The lowest BCUT2D eigenvalue weighted by Crippen LogP contribution is -2.35. The largest absolute Gasteiger partial charge is 0.488 e. The number of benzene rings is 2. The predicted octanol–water partition coefficient (Wildman–Crippen LogP) is 4.92. The first-order valence-corrected chi connectivity index (χ1v) is 11.4. The number of non-ortho nitro benzene ring substituents is 1. The fourth-order valence-corrected chi connectivity index (χ4v) is 4.10. The van der Waals surface area contributed by atoms with Crippen LogP contribution in [0.2, 0.25) is 0 Å². The van der Waals surface area contributed by atoms with Gasteiger partial charge in [-0.25, -0.2) is 0 Å². The molecule has 0 spiro atoms. The Bertz CT molecular complexity index is 1150. The molecule has 2 amide bonds. The molecule has 0 aromatic heterocycles. The molecule has 1 fully saturated rings. The van der Waals surface area contributed by atoms with Crippen molar-refractivity contribution in [2.24, 2.45) is 0 Å². The Morgan fingerprint density at radius 3 is 2.70 bits per heavy atom. The highest BCUT2D eigenvalue weighted by atomic mass is 79.9. The Labute approximate surface area is 202 Å². The summed E-state index contributed by atoms with van der Waals surface area (Å²) in [5, 5.41) is 10.4. The van der Waals surface area contributed by atoms with E-state index in [0.717, 1.165) is 9.37 Å². The topological polar surface area (TPSA) is 116 Å². The molecule has 0 N–H and O–H groups in total. The molecule has 11 heteroatoms. The number of ether oxygens (including phenoxy) is 2. The van der Waals surface area contributed by atoms with Gasteiger partial charge < -0.3 is 9.47 Å². The second-order valence-corrected chi connectivity index (χ2v) is 9.11. The molecule has 0 aliphatic carbocycles. The lowest BCUT2D eigenvalue weighted by Gasteiger charge is -2.13. The summed E-state index contributed by atoms with van der Waals surface area (Å²) in [4.78, 5) is 48.3. The van der Waals surface area contributed by atoms with Gasteiger partial charge in [-0.3, -0.25) is 29.4 Å². The summed E-state index contributed by atoms with van der Waals surface area (Å²) in [5.74, 6) is -0.858. The van der Waals surface area contributed by atoms with Crippen molar-refractivity contribution in [1.82, 2.24) is 4.90 Å². The van der Waals surface area contributed by atoms with Crippen LogP contribution in [0.1, 0.15) is 25.0 Å². The molecule has 9 nitrogen and oxygen atoms in total. The summed E-state index contributed by atoms with van der Waals surface area (Å²) in [7, 11) is 0. The number of nitro benzene ring substituents is 1. The van der Waals surface area contributed by atoms with Gasteiger partial charge >= 0.3 is 5.97 Å². The summed E-state index contributed by atoms with van der Waals surface area (Å²) in [6.45, 7) is 2.95. The fraction of sp³-hybridized carbons (Fsp3) is 0.227. The maximum Gasteiger partial charge on any atom is 0.326 e. The lowest BCUT2D eigenvalue weighted by molar-refractivity contribution is -0.384. The zero-order valence-electron chi connectivity index (χ0n) is 17.6. The summed E-state index contributed by atoms with van der Waals surface area (Å²) in [6, 6.07) is 11.2. The van der Waals surface area contributed by atoms with Crippen molar-refractivity contribution in [1.29, 1.82) is 0 Å². The molecule has 0 bridgehead atoms. The van der Waals surface area contributed by atoms with E-state index in [0.29, 0.717) is 28.6 Å². The van der Waals surface area contributed by atoms with Gasteiger partial charge in [-0.2, -0.15) is 0 Å². The minimum absolute atomic E-state index is 0.0446. The number of esters is 1. The molecule has 0 atom stereocenters. The average molecular weight is 535 g/mol. The SMILES string of the molecule is CC(C)OC(=O)CN1C(=O)S/C(=C/c2cc(Br)ccc2OCc2cccc([N+](=O)[O-])c2)C1=O. The average Bonchev–Trinajstić information content (AvgIpc) is 3.00. The van der Waals surface area contributed by atoms with Gasteiger partial charge in [0.2, 0.25) is 0 Å². The molecule has 172 valence electrons. The predicted molar refractivity (Wildman–Crippen MR) is 125 cm³/mol. The van der Waals surface area contributed by atoms with Gasteiger partial charge in [0.05, 0.1) is 15.9 Å². The van der Waals surface area contributed by atoms with E-state index < -0.39 is 28.6 Å². The smallest absolute Gasteiger partial charge is 0.326 e. The van der Waals surface area contributed by atoms with Gasteiger partial charge in [-0.05, 0) is 55.4 Å². The van der Waals surface area contributed by atoms with Crippen LogP contribution < -0.4 is 4.74 Å². The Kier molecular flexibility index (Phi) is 7.88. The van der Waals surface area contributed by atoms with Gasteiger partial charge in [0.15, 0.2) is 0 Å². The third kappa shape index (κ3) is 6.42. The standard InChI is InChI=1S/C22H19BrN2O7S/c1-13(2)32-20(26)11-24-21(27)19(33-22(24)28)10-15-9-16(23)6-7-18(15)31-12-14-4-3-5-17(8-14)25(29)30/h3-10,13H,11-12H2,1-2H3/b19-10+. The van der Waals surface area contributed by atoms with Crippen molar-refractivity contribution in [2.75, 3.05) is 6.54 Å². The van der Waals surface area contributed by atoms with Gasteiger partial charge in [-0.1, -0.05) is 28.1 Å². The minimum atomic E-state index is -0.669. The fourth-order valence-electron chi connectivity index (χ4n) is 2.89. The maximum atomic E-state index is 12.7. The van der Waals surface area contributed by atoms with Crippen LogP contribution in [-0.4, -0.2) is 39.6 Å². The highest BCUT2D eigenvalue weighted by molar-refractivity contribution is 9.10. The van der Waals surface area contributed by atoms with Crippen LogP contribution in [0.4, 0.5) is 10.5 Å². The van der Waals surface area contributed by atoms with Crippen LogP contribution in [-0.2, 0) is 20.9 Å². The van der Waals surface area contributed by atoms with E-state index >= 15 is 0 Å². The molecule has 0 radical (unpaired) electrons. The number of amides is 2. The quantitative estimate of drug-likeness (QED) is 0.202. The molecule has 3 rings (SSSR count). The van der Waals surface area contributed by atoms with Crippen molar-refractivity contribution in [2.45, 2.75) is 26.6 Å². The number of rotatable bonds is 8. The van der Waals surface area contributed by atoms with Gasteiger partial charge in [-0.15, -0.1) is 0 Å². The summed E-state index contributed by atoms with van der Waals surface area (Å²) in [5.41, 5.74) is 1.07. The molecule has 1 saturated heterocycles. The van der Waals surface area contributed by atoms with E-state index in [9.17, 15) is 24.5 Å². The Hall–Kier alpha value is -3.18. The third-order valence-corrected chi connectivity index (χ3v) is 5.70. The number of nitrogens with zero attached hydrogens (tertiary/aromatic N) is 2. The molecule has 2 aromatic rings. The monoisotopic (exact) mass is 534 g/mol. The van der Waals surface area contributed by atoms with Gasteiger partial charge in [0, 0.05) is 22.2 Å². The van der Waals surface area contributed by atoms with Gasteiger partial charge in [0.1, 0.15) is 18.9 Å². The van der Waals surface area contributed by atoms with E-state index in [4.69, 9.17) is 9.47 Å². The number of carbonyl (C=O) groups is 3. The van der Waals surface area contributed by atoms with Crippen LogP contribution in [0.25, 0.3) is 6.08 Å². The van der Waals surface area contributed by atoms with Crippen molar-refractivity contribution >= 4 is 56.6 Å². The van der Waals surface area contributed by atoms with Crippen LogP contribution in [0, 0.1) is 10.1 Å². The first kappa shape index (κ1) is 24.5. The first-order valence-electron chi connectivity index (χ1n) is 9.74. The number of hydrogen-bond acceptors (Lipinski definition) is 8. The second kappa shape index (κ2) is 10.6. The van der Waals surface area contributed by atoms with Crippen LogP contribution in [0.5, 0.6) is 5.75 Å². The number of carbonyl (C=O) groups excluding carboxylic acids is 3. The van der Waals surface area contributed by atoms with E-state index in [1.54, 1.807) is 44.2 Å². The molecule has 1 heterocycles. The molecule has 33 heavy (non-hydrogen) atoms. The highest BCUT2D eigenvalue weighted by Gasteiger charge is 2.37. The second-order valence-electron chi connectivity index (χ2n) is 7.20. The number of nitro groups is 1. The minimum Gasteiger partial charge on any atom is -0.488 e.